The van der Waals surface area contributed by atoms with Gasteiger partial charge in [0, 0.05) is 24.5 Å². The highest BCUT2D eigenvalue weighted by atomic mass is 19.3. The van der Waals surface area contributed by atoms with Gasteiger partial charge in [0.15, 0.2) is 0 Å². The minimum absolute atomic E-state index is 0.0799. The van der Waals surface area contributed by atoms with E-state index in [0.717, 1.165) is 44.0 Å². The second kappa shape index (κ2) is 7.33. The van der Waals surface area contributed by atoms with Crippen LogP contribution < -0.4 is 10.2 Å². The van der Waals surface area contributed by atoms with Gasteiger partial charge in [-0.2, -0.15) is 0 Å². The summed E-state index contributed by atoms with van der Waals surface area (Å²) >= 11 is 0. The first kappa shape index (κ1) is 16.3. The Morgan fingerprint density at radius 1 is 1.12 bits per heavy atom. The molecule has 24 heavy (non-hydrogen) atoms. The van der Waals surface area contributed by atoms with Crippen molar-refractivity contribution in [2.45, 2.75) is 25.7 Å². The zero-order valence-corrected chi connectivity index (χ0v) is 13.1. The smallest absolute Gasteiger partial charge is 0.280 e. The van der Waals surface area contributed by atoms with E-state index in [4.69, 9.17) is 0 Å². The molecule has 1 fully saturated rings. The number of benzene rings is 1. The van der Waals surface area contributed by atoms with Crippen molar-refractivity contribution in [2.24, 2.45) is 0 Å². The molecule has 2 heterocycles. The average molecular weight is 332 g/mol. The SMILES string of the molecule is O=C(Nc1cccc(N2CCCCC2)c1)c1cc(C(F)F)ncn1. The summed E-state index contributed by atoms with van der Waals surface area (Å²) in [5, 5.41) is 2.70. The second-order valence-corrected chi connectivity index (χ2v) is 5.68. The van der Waals surface area contributed by atoms with Gasteiger partial charge in [-0.15, -0.1) is 0 Å². The summed E-state index contributed by atoms with van der Waals surface area (Å²) in [7, 11) is 0. The van der Waals surface area contributed by atoms with E-state index in [1.54, 1.807) is 6.07 Å². The molecule has 2 aromatic rings. The highest BCUT2D eigenvalue weighted by molar-refractivity contribution is 6.03. The number of rotatable bonds is 4. The number of amides is 1. The molecule has 1 aliphatic heterocycles. The topological polar surface area (TPSA) is 58.1 Å². The Labute approximate surface area is 138 Å². The van der Waals surface area contributed by atoms with E-state index in [0.29, 0.717) is 5.69 Å². The first-order valence-electron chi connectivity index (χ1n) is 7.90. The minimum Gasteiger partial charge on any atom is -0.371 e. The Bertz CT molecular complexity index is 717. The summed E-state index contributed by atoms with van der Waals surface area (Å²) in [6.07, 6.45) is 1.80. The lowest BCUT2D eigenvalue weighted by Gasteiger charge is -2.29. The van der Waals surface area contributed by atoms with Crippen molar-refractivity contribution in [3.05, 3.63) is 48.0 Å². The van der Waals surface area contributed by atoms with Gasteiger partial charge < -0.3 is 10.2 Å². The first-order valence-corrected chi connectivity index (χ1v) is 7.90. The molecule has 0 spiro atoms. The van der Waals surface area contributed by atoms with Gasteiger partial charge in [-0.3, -0.25) is 4.79 Å². The lowest BCUT2D eigenvalue weighted by atomic mass is 10.1. The Kier molecular flexibility index (Phi) is 4.98. The summed E-state index contributed by atoms with van der Waals surface area (Å²) in [5.74, 6) is -0.532. The number of piperidine rings is 1. The Hall–Kier alpha value is -2.57. The van der Waals surface area contributed by atoms with Crippen molar-refractivity contribution in [3.8, 4) is 0 Å². The van der Waals surface area contributed by atoms with Gasteiger partial charge in [-0.05, 0) is 43.5 Å². The van der Waals surface area contributed by atoms with Crippen LogP contribution in [0.25, 0.3) is 0 Å². The fourth-order valence-corrected chi connectivity index (χ4v) is 2.74. The number of alkyl halides is 2. The predicted octanol–water partition coefficient (Wildman–Crippen LogP) is 3.66. The van der Waals surface area contributed by atoms with Gasteiger partial charge in [0.25, 0.3) is 12.3 Å². The average Bonchev–Trinajstić information content (AvgIpc) is 2.63. The number of nitrogens with zero attached hydrogens (tertiary/aromatic N) is 3. The molecule has 1 aromatic carbocycles. The number of nitrogens with one attached hydrogen (secondary N) is 1. The molecule has 0 saturated carbocycles. The fraction of sp³-hybridized carbons (Fsp3) is 0.353. The van der Waals surface area contributed by atoms with Crippen LogP contribution in [0.2, 0.25) is 0 Å². The molecule has 0 bridgehead atoms. The first-order chi connectivity index (χ1) is 11.6. The van der Waals surface area contributed by atoms with E-state index in [1.165, 1.54) is 6.42 Å². The van der Waals surface area contributed by atoms with Crippen LogP contribution in [0.4, 0.5) is 20.2 Å². The molecular weight excluding hydrogens is 314 g/mol. The highest BCUT2D eigenvalue weighted by Gasteiger charge is 2.15. The lowest BCUT2D eigenvalue weighted by Crippen LogP contribution is -2.29. The number of carbonyl (C=O) groups is 1. The minimum atomic E-state index is -2.73. The van der Waals surface area contributed by atoms with Crippen LogP contribution in [0.5, 0.6) is 0 Å². The van der Waals surface area contributed by atoms with Crippen molar-refractivity contribution < 1.29 is 13.6 Å². The summed E-state index contributed by atoms with van der Waals surface area (Å²) in [6.45, 7) is 2.00. The molecule has 1 saturated heterocycles. The van der Waals surface area contributed by atoms with Crippen LogP contribution in [0.15, 0.2) is 36.7 Å². The molecule has 7 heteroatoms. The molecule has 126 valence electrons. The normalized spacial score (nSPS) is 14.7. The van der Waals surface area contributed by atoms with E-state index in [2.05, 4.69) is 20.2 Å². The zero-order valence-electron chi connectivity index (χ0n) is 13.1. The Morgan fingerprint density at radius 3 is 2.67 bits per heavy atom. The number of hydrogen-bond donors (Lipinski definition) is 1. The van der Waals surface area contributed by atoms with Crippen LogP contribution in [0, 0.1) is 0 Å². The van der Waals surface area contributed by atoms with Crippen LogP contribution in [-0.2, 0) is 0 Å². The molecule has 0 atom stereocenters. The van der Waals surface area contributed by atoms with E-state index in [1.807, 2.05) is 18.2 Å². The highest BCUT2D eigenvalue weighted by Crippen LogP contribution is 2.23. The van der Waals surface area contributed by atoms with Crippen LogP contribution in [0.3, 0.4) is 0 Å². The van der Waals surface area contributed by atoms with E-state index in [9.17, 15) is 13.6 Å². The standard InChI is InChI=1S/C17H18F2N4O/c18-16(19)14-10-15(21-11-20-14)17(24)22-12-5-4-6-13(9-12)23-7-2-1-3-8-23/h4-6,9-11,16H,1-3,7-8H2,(H,22,24). The summed E-state index contributed by atoms with van der Waals surface area (Å²) in [5.41, 5.74) is 1.12. The molecule has 3 rings (SSSR count). The van der Waals surface area contributed by atoms with Crippen molar-refractivity contribution in [3.63, 3.8) is 0 Å². The van der Waals surface area contributed by atoms with E-state index < -0.39 is 18.0 Å². The maximum atomic E-state index is 12.7. The molecule has 1 aliphatic rings. The van der Waals surface area contributed by atoms with Crippen molar-refractivity contribution in [1.82, 2.24) is 9.97 Å². The number of anilines is 2. The molecule has 0 radical (unpaired) electrons. The van der Waals surface area contributed by atoms with Gasteiger partial charge in [-0.25, -0.2) is 18.7 Å². The third-order valence-corrected chi connectivity index (χ3v) is 3.97. The fourth-order valence-electron chi connectivity index (χ4n) is 2.74. The summed E-state index contributed by atoms with van der Waals surface area (Å²) < 4.78 is 25.3. The zero-order chi connectivity index (χ0) is 16.9. The molecule has 1 N–H and O–H groups in total. The number of halogens is 2. The number of carbonyl (C=O) groups excluding carboxylic acids is 1. The third-order valence-electron chi connectivity index (χ3n) is 3.97. The monoisotopic (exact) mass is 332 g/mol. The van der Waals surface area contributed by atoms with Gasteiger partial charge in [0.2, 0.25) is 0 Å². The van der Waals surface area contributed by atoms with Crippen molar-refractivity contribution in [1.29, 1.82) is 0 Å². The molecule has 5 nitrogen and oxygen atoms in total. The van der Waals surface area contributed by atoms with Gasteiger partial charge in [0.1, 0.15) is 17.7 Å². The maximum Gasteiger partial charge on any atom is 0.280 e. The van der Waals surface area contributed by atoms with Crippen molar-refractivity contribution >= 4 is 17.3 Å². The van der Waals surface area contributed by atoms with E-state index >= 15 is 0 Å². The third kappa shape index (κ3) is 3.84. The lowest BCUT2D eigenvalue weighted by molar-refractivity contribution is 0.102. The summed E-state index contributed by atoms with van der Waals surface area (Å²) in [6, 6.07) is 8.53. The Balaban J connectivity index is 1.73. The van der Waals surface area contributed by atoms with Crippen LogP contribution in [0.1, 0.15) is 41.9 Å². The summed E-state index contributed by atoms with van der Waals surface area (Å²) in [4.78, 5) is 21.7. The second-order valence-electron chi connectivity index (χ2n) is 5.68. The maximum absolute atomic E-state index is 12.7. The number of aromatic nitrogens is 2. The largest absolute Gasteiger partial charge is 0.371 e. The molecule has 0 aliphatic carbocycles. The molecular formula is C17H18F2N4O. The Morgan fingerprint density at radius 2 is 1.92 bits per heavy atom. The van der Waals surface area contributed by atoms with Gasteiger partial charge >= 0.3 is 0 Å². The molecule has 1 aromatic heterocycles. The van der Waals surface area contributed by atoms with Crippen LogP contribution in [-0.4, -0.2) is 29.0 Å². The van der Waals surface area contributed by atoms with Gasteiger partial charge in [-0.1, -0.05) is 6.07 Å². The molecule has 1 amide bonds. The van der Waals surface area contributed by atoms with Crippen LogP contribution >= 0.6 is 0 Å². The van der Waals surface area contributed by atoms with Gasteiger partial charge in [0.05, 0.1) is 0 Å². The quantitative estimate of drug-likeness (QED) is 0.928. The predicted molar refractivity (Wildman–Crippen MR) is 87.4 cm³/mol. The molecule has 0 unspecified atom stereocenters. The van der Waals surface area contributed by atoms with Crippen molar-refractivity contribution in [2.75, 3.05) is 23.3 Å². The number of hydrogen-bond acceptors (Lipinski definition) is 4. The van der Waals surface area contributed by atoms with E-state index in [-0.39, 0.29) is 5.69 Å².